The van der Waals surface area contributed by atoms with Gasteiger partial charge in [0.05, 0.1) is 5.56 Å². The van der Waals surface area contributed by atoms with Crippen LogP contribution in [0, 0.1) is 0 Å². The van der Waals surface area contributed by atoms with Gasteiger partial charge in [0.1, 0.15) is 0 Å². The van der Waals surface area contributed by atoms with Gasteiger partial charge in [0.15, 0.2) is 0 Å². The monoisotopic (exact) mass is 229 g/mol. The molecule has 0 saturated carbocycles. The largest absolute Gasteiger partial charge is 0.416 e. The van der Waals surface area contributed by atoms with E-state index < -0.39 is 17.8 Å². The van der Waals surface area contributed by atoms with Gasteiger partial charge in [0, 0.05) is 6.04 Å². The fraction of sp³-hybridized carbons (Fsp3) is 0.333. The predicted molar refractivity (Wildman–Crippen MR) is 57.8 cm³/mol. The van der Waals surface area contributed by atoms with Gasteiger partial charge in [-0.05, 0) is 31.5 Å². The Morgan fingerprint density at radius 2 is 1.94 bits per heavy atom. The number of hydrogen-bond acceptors (Lipinski definition) is 1. The van der Waals surface area contributed by atoms with Crippen molar-refractivity contribution in [3.05, 3.63) is 47.0 Å². The SMILES string of the molecule is CC(C)=CC(N)c1cccc(C(F)(F)F)c1. The lowest BCUT2D eigenvalue weighted by Crippen LogP contribution is -2.10. The van der Waals surface area contributed by atoms with Crippen LogP contribution in [-0.4, -0.2) is 0 Å². The van der Waals surface area contributed by atoms with Crippen molar-refractivity contribution < 1.29 is 13.2 Å². The maximum Gasteiger partial charge on any atom is 0.416 e. The summed E-state index contributed by atoms with van der Waals surface area (Å²) >= 11 is 0. The average molecular weight is 229 g/mol. The van der Waals surface area contributed by atoms with Crippen molar-refractivity contribution in [2.75, 3.05) is 0 Å². The van der Waals surface area contributed by atoms with Gasteiger partial charge < -0.3 is 5.73 Å². The van der Waals surface area contributed by atoms with E-state index in [1.165, 1.54) is 6.07 Å². The Morgan fingerprint density at radius 1 is 1.31 bits per heavy atom. The Hall–Kier alpha value is -1.29. The molecule has 0 fully saturated rings. The molecule has 1 aromatic carbocycles. The molecule has 16 heavy (non-hydrogen) atoms. The van der Waals surface area contributed by atoms with Gasteiger partial charge in [-0.25, -0.2) is 0 Å². The zero-order valence-electron chi connectivity index (χ0n) is 9.18. The van der Waals surface area contributed by atoms with Crippen LogP contribution < -0.4 is 5.73 Å². The summed E-state index contributed by atoms with van der Waals surface area (Å²) in [6.45, 7) is 3.71. The van der Waals surface area contributed by atoms with Crippen molar-refractivity contribution in [3.8, 4) is 0 Å². The van der Waals surface area contributed by atoms with Gasteiger partial charge in [0.2, 0.25) is 0 Å². The van der Waals surface area contributed by atoms with Crippen LogP contribution >= 0.6 is 0 Å². The Balaban J connectivity index is 3.04. The first-order valence-electron chi connectivity index (χ1n) is 4.88. The van der Waals surface area contributed by atoms with Crippen LogP contribution in [0.1, 0.15) is 31.0 Å². The first-order valence-corrected chi connectivity index (χ1v) is 4.88. The Bertz CT molecular complexity index is 389. The molecular weight excluding hydrogens is 215 g/mol. The number of allylic oxidation sites excluding steroid dienone is 1. The quantitative estimate of drug-likeness (QED) is 0.769. The molecule has 1 rings (SSSR count). The second-order valence-corrected chi connectivity index (χ2v) is 3.89. The number of nitrogens with two attached hydrogens (primary N) is 1. The molecule has 0 spiro atoms. The van der Waals surface area contributed by atoms with Gasteiger partial charge >= 0.3 is 6.18 Å². The molecule has 1 atom stereocenters. The van der Waals surface area contributed by atoms with Crippen molar-refractivity contribution in [2.24, 2.45) is 5.73 Å². The summed E-state index contributed by atoms with van der Waals surface area (Å²) in [5.74, 6) is 0. The molecule has 0 amide bonds. The molecule has 0 aliphatic carbocycles. The fourth-order valence-electron chi connectivity index (χ4n) is 1.38. The molecule has 0 saturated heterocycles. The van der Waals surface area contributed by atoms with Gasteiger partial charge in [-0.3, -0.25) is 0 Å². The van der Waals surface area contributed by atoms with Crippen LogP contribution in [0.3, 0.4) is 0 Å². The molecule has 0 aliphatic rings. The predicted octanol–water partition coefficient (Wildman–Crippen LogP) is 3.67. The maximum atomic E-state index is 12.4. The highest BCUT2D eigenvalue weighted by Gasteiger charge is 2.30. The van der Waals surface area contributed by atoms with E-state index in [1.807, 2.05) is 13.8 Å². The van der Waals surface area contributed by atoms with Gasteiger partial charge in [-0.15, -0.1) is 0 Å². The van der Waals surface area contributed by atoms with Crippen molar-refractivity contribution in [2.45, 2.75) is 26.1 Å². The van der Waals surface area contributed by atoms with Crippen molar-refractivity contribution in [3.63, 3.8) is 0 Å². The summed E-state index contributed by atoms with van der Waals surface area (Å²) in [6, 6.07) is 4.60. The van der Waals surface area contributed by atoms with Crippen LogP contribution in [-0.2, 0) is 6.18 Å². The van der Waals surface area contributed by atoms with Crippen molar-refractivity contribution in [1.29, 1.82) is 0 Å². The molecule has 4 heteroatoms. The second kappa shape index (κ2) is 4.70. The topological polar surface area (TPSA) is 26.0 Å². The smallest absolute Gasteiger partial charge is 0.321 e. The van der Waals surface area contributed by atoms with E-state index in [2.05, 4.69) is 0 Å². The lowest BCUT2D eigenvalue weighted by atomic mass is 10.0. The third-order valence-electron chi connectivity index (χ3n) is 2.11. The molecule has 0 aliphatic heterocycles. The molecule has 0 bridgehead atoms. The molecule has 2 N–H and O–H groups in total. The highest BCUT2D eigenvalue weighted by Crippen LogP contribution is 2.30. The van der Waals surface area contributed by atoms with Crippen molar-refractivity contribution >= 4 is 0 Å². The molecule has 88 valence electrons. The Morgan fingerprint density at radius 3 is 2.44 bits per heavy atom. The minimum Gasteiger partial charge on any atom is -0.321 e. The number of rotatable bonds is 2. The number of benzene rings is 1. The molecule has 1 aromatic rings. The first-order chi connectivity index (χ1) is 7.30. The summed E-state index contributed by atoms with van der Waals surface area (Å²) in [4.78, 5) is 0. The third-order valence-corrected chi connectivity index (χ3v) is 2.11. The zero-order chi connectivity index (χ0) is 12.3. The standard InChI is InChI=1S/C12H14F3N/c1-8(2)6-11(16)9-4-3-5-10(7-9)12(13,14)15/h3-7,11H,16H2,1-2H3. The Labute approximate surface area is 92.8 Å². The van der Waals surface area contributed by atoms with E-state index in [0.717, 1.165) is 17.7 Å². The summed E-state index contributed by atoms with van der Waals surface area (Å²) in [5.41, 5.74) is 6.55. The second-order valence-electron chi connectivity index (χ2n) is 3.89. The van der Waals surface area contributed by atoms with Crippen LogP contribution in [0.2, 0.25) is 0 Å². The van der Waals surface area contributed by atoms with E-state index in [9.17, 15) is 13.2 Å². The van der Waals surface area contributed by atoms with Gasteiger partial charge in [0.25, 0.3) is 0 Å². The minimum absolute atomic E-state index is 0.469. The van der Waals surface area contributed by atoms with Gasteiger partial charge in [-0.1, -0.05) is 23.8 Å². The molecule has 0 aromatic heterocycles. The fourth-order valence-corrected chi connectivity index (χ4v) is 1.38. The van der Waals surface area contributed by atoms with E-state index in [4.69, 9.17) is 5.73 Å². The van der Waals surface area contributed by atoms with Crippen LogP contribution in [0.5, 0.6) is 0 Å². The number of alkyl halides is 3. The summed E-state index contributed by atoms with van der Waals surface area (Å²) in [6.07, 6.45) is -2.59. The maximum absolute atomic E-state index is 12.4. The zero-order valence-corrected chi connectivity index (χ0v) is 9.18. The van der Waals surface area contributed by atoms with Crippen LogP contribution in [0.4, 0.5) is 13.2 Å². The average Bonchev–Trinajstić information content (AvgIpc) is 2.15. The van der Waals surface area contributed by atoms with E-state index >= 15 is 0 Å². The summed E-state index contributed by atoms with van der Waals surface area (Å²) < 4.78 is 37.3. The Kier molecular flexibility index (Phi) is 3.75. The minimum atomic E-state index is -4.32. The van der Waals surface area contributed by atoms with Gasteiger partial charge in [-0.2, -0.15) is 13.2 Å². The van der Waals surface area contributed by atoms with E-state index in [-0.39, 0.29) is 0 Å². The first kappa shape index (κ1) is 12.8. The molecule has 1 nitrogen and oxygen atoms in total. The lowest BCUT2D eigenvalue weighted by Gasteiger charge is -2.12. The molecule has 0 radical (unpaired) electrons. The molecule has 0 heterocycles. The van der Waals surface area contributed by atoms with Crippen molar-refractivity contribution in [1.82, 2.24) is 0 Å². The van der Waals surface area contributed by atoms with Crippen LogP contribution in [0.25, 0.3) is 0 Å². The molecule has 1 unspecified atom stereocenters. The lowest BCUT2D eigenvalue weighted by molar-refractivity contribution is -0.137. The van der Waals surface area contributed by atoms with Crippen LogP contribution in [0.15, 0.2) is 35.9 Å². The van der Waals surface area contributed by atoms with E-state index in [0.29, 0.717) is 5.56 Å². The number of halogens is 3. The summed E-state index contributed by atoms with van der Waals surface area (Å²) in [7, 11) is 0. The third kappa shape index (κ3) is 3.38. The summed E-state index contributed by atoms with van der Waals surface area (Å²) in [5, 5.41) is 0. The highest BCUT2D eigenvalue weighted by atomic mass is 19.4. The number of hydrogen-bond donors (Lipinski definition) is 1. The molecular formula is C12H14F3N. The van der Waals surface area contributed by atoms with E-state index in [1.54, 1.807) is 12.1 Å². The highest BCUT2D eigenvalue weighted by molar-refractivity contribution is 5.30. The normalized spacial score (nSPS) is 13.4.